The average molecular weight is 371 g/mol. The predicted octanol–water partition coefficient (Wildman–Crippen LogP) is 3.92. The maximum Gasteiger partial charge on any atom is 0.226 e. The number of rotatable bonds is 5. The summed E-state index contributed by atoms with van der Waals surface area (Å²) in [6.07, 6.45) is 8.37. The van der Waals surface area contributed by atoms with Gasteiger partial charge in [0.1, 0.15) is 18.2 Å². The molecule has 5 nitrogen and oxygen atoms in total. The molecule has 1 aliphatic rings. The number of para-hydroxylation sites is 1. The van der Waals surface area contributed by atoms with Gasteiger partial charge in [-0.25, -0.2) is 4.68 Å². The van der Waals surface area contributed by atoms with Crippen molar-refractivity contribution in [3.63, 3.8) is 0 Å². The zero-order chi connectivity index (χ0) is 19.5. The molecule has 2 heterocycles. The van der Waals surface area contributed by atoms with Crippen LogP contribution >= 0.6 is 0 Å². The van der Waals surface area contributed by atoms with Gasteiger partial charge in [-0.05, 0) is 35.7 Å². The number of amides is 1. The van der Waals surface area contributed by atoms with Gasteiger partial charge >= 0.3 is 0 Å². The minimum Gasteiger partial charge on any atom is -0.481 e. The molecule has 1 amide bonds. The molecular formula is C23H21N3O2. The SMILES string of the molecule is C#CCOc1ccc(C2CC(=O)Nc3c2cnn3-c2ccccc2CC)cc1. The fourth-order valence-electron chi connectivity index (χ4n) is 3.64. The van der Waals surface area contributed by atoms with Crippen LogP contribution in [-0.2, 0) is 11.2 Å². The lowest BCUT2D eigenvalue weighted by Gasteiger charge is -2.24. The van der Waals surface area contributed by atoms with E-state index in [0.717, 1.165) is 34.8 Å². The van der Waals surface area contributed by atoms with E-state index in [4.69, 9.17) is 11.2 Å². The number of carbonyl (C=O) groups excluding carboxylic acids is 1. The Morgan fingerprint density at radius 3 is 2.79 bits per heavy atom. The summed E-state index contributed by atoms with van der Waals surface area (Å²) in [5.41, 5.74) is 4.24. The van der Waals surface area contributed by atoms with Gasteiger partial charge in [0.15, 0.2) is 0 Å². The van der Waals surface area contributed by atoms with E-state index in [1.165, 1.54) is 5.56 Å². The van der Waals surface area contributed by atoms with Gasteiger partial charge in [-0.3, -0.25) is 4.79 Å². The van der Waals surface area contributed by atoms with Gasteiger partial charge in [0.05, 0.1) is 11.9 Å². The van der Waals surface area contributed by atoms with Crippen LogP contribution in [0.4, 0.5) is 5.82 Å². The summed E-state index contributed by atoms with van der Waals surface area (Å²) >= 11 is 0. The van der Waals surface area contributed by atoms with Crippen LogP contribution in [0.1, 0.15) is 36.0 Å². The third-order valence-corrected chi connectivity index (χ3v) is 5.03. The predicted molar refractivity (Wildman–Crippen MR) is 109 cm³/mol. The van der Waals surface area contributed by atoms with E-state index in [1.807, 2.05) is 53.3 Å². The molecule has 3 aromatic rings. The Morgan fingerprint density at radius 2 is 2.04 bits per heavy atom. The summed E-state index contributed by atoms with van der Waals surface area (Å²) in [7, 11) is 0. The first-order chi connectivity index (χ1) is 13.7. The van der Waals surface area contributed by atoms with Crippen LogP contribution in [0.15, 0.2) is 54.7 Å². The number of hydrogen-bond donors (Lipinski definition) is 1. The van der Waals surface area contributed by atoms with E-state index in [9.17, 15) is 4.79 Å². The topological polar surface area (TPSA) is 56.1 Å². The van der Waals surface area contributed by atoms with Gasteiger partial charge in [0, 0.05) is 17.9 Å². The lowest BCUT2D eigenvalue weighted by Crippen LogP contribution is -2.24. The van der Waals surface area contributed by atoms with Gasteiger partial charge in [-0.1, -0.05) is 43.2 Å². The zero-order valence-electron chi connectivity index (χ0n) is 15.7. The Balaban J connectivity index is 1.72. The first kappa shape index (κ1) is 17.9. The van der Waals surface area contributed by atoms with Gasteiger partial charge in [0.25, 0.3) is 0 Å². The third-order valence-electron chi connectivity index (χ3n) is 5.03. The summed E-state index contributed by atoms with van der Waals surface area (Å²) in [4.78, 5) is 12.5. The van der Waals surface area contributed by atoms with Crippen LogP contribution in [0.3, 0.4) is 0 Å². The molecule has 1 N–H and O–H groups in total. The number of aryl methyl sites for hydroxylation is 1. The zero-order valence-corrected chi connectivity index (χ0v) is 15.7. The van der Waals surface area contributed by atoms with Crippen molar-refractivity contribution >= 4 is 11.7 Å². The van der Waals surface area contributed by atoms with E-state index in [2.05, 4.69) is 29.3 Å². The summed E-state index contributed by atoms with van der Waals surface area (Å²) in [6, 6.07) is 15.8. The molecule has 2 aromatic carbocycles. The smallest absolute Gasteiger partial charge is 0.226 e. The molecule has 1 aliphatic heterocycles. The highest BCUT2D eigenvalue weighted by Crippen LogP contribution is 2.38. The van der Waals surface area contributed by atoms with E-state index in [1.54, 1.807) is 0 Å². The molecule has 0 radical (unpaired) electrons. The number of nitrogens with one attached hydrogen (secondary N) is 1. The van der Waals surface area contributed by atoms with Crippen molar-refractivity contribution in [2.24, 2.45) is 0 Å². The average Bonchev–Trinajstić information content (AvgIpc) is 3.15. The quantitative estimate of drug-likeness (QED) is 0.692. The highest BCUT2D eigenvalue weighted by Gasteiger charge is 2.30. The molecule has 0 fully saturated rings. The van der Waals surface area contributed by atoms with E-state index >= 15 is 0 Å². The number of ether oxygens (including phenoxy) is 1. The van der Waals surface area contributed by atoms with Gasteiger partial charge in [0.2, 0.25) is 5.91 Å². The lowest BCUT2D eigenvalue weighted by atomic mass is 9.87. The van der Waals surface area contributed by atoms with Gasteiger partial charge in [-0.15, -0.1) is 6.42 Å². The monoisotopic (exact) mass is 371 g/mol. The minimum absolute atomic E-state index is 0.0131. The standard InChI is InChI=1S/C23H21N3O2/c1-3-13-28-18-11-9-17(10-12-18)19-14-22(27)25-23-20(19)15-24-26(23)21-8-6-5-7-16(21)4-2/h1,5-12,15,19H,4,13-14H2,2H3,(H,25,27). The summed E-state index contributed by atoms with van der Waals surface area (Å²) < 4.78 is 7.28. The molecule has 1 aromatic heterocycles. The molecule has 0 saturated heterocycles. The summed E-state index contributed by atoms with van der Waals surface area (Å²) in [5, 5.41) is 7.61. The molecule has 0 aliphatic carbocycles. The Kier molecular flexibility index (Phi) is 4.86. The number of aromatic nitrogens is 2. The van der Waals surface area contributed by atoms with Gasteiger partial charge in [-0.2, -0.15) is 5.10 Å². The van der Waals surface area contributed by atoms with Crippen molar-refractivity contribution in [1.82, 2.24) is 9.78 Å². The maximum absolute atomic E-state index is 12.5. The summed E-state index contributed by atoms with van der Waals surface area (Å²) in [5.74, 6) is 3.86. The van der Waals surface area contributed by atoms with E-state index < -0.39 is 0 Å². The third kappa shape index (κ3) is 3.25. The summed E-state index contributed by atoms with van der Waals surface area (Å²) in [6.45, 7) is 2.35. The maximum atomic E-state index is 12.5. The van der Waals surface area contributed by atoms with Crippen molar-refractivity contribution in [2.75, 3.05) is 11.9 Å². The molecular weight excluding hydrogens is 350 g/mol. The molecule has 0 saturated carbocycles. The van der Waals surface area contributed by atoms with Crippen LogP contribution in [0, 0.1) is 12.3 Å². The van der Waals surface area contributed by atoms with Crippen LogP contribution in [-0.4, -0.2) is 22.3 Å². The van der Waals surface area contributed by atoms with Crippen molar-refractivity contribution in [2.45, 2.75) is 25.7 Å². The van der Waals surface area contributed by atoms with Crippen molar-refractivity contribution < 1.29 is 9.53 Å². The van der Waals surface area contributed by atoms with Crippen LogP contribution in [0.2, 0.25) is 0 Å². The molecule has 0 bridgehead atoms. The van der Waals surface area contributed by atoms with Crippen LogP contribution in [0.5, 0.6) is 5.75 Å². The number of nitrogens with zero attached hydrogens (tertiary/aromatic N) is 2. The Morgan fingerprint density at radius 1 is 1.25 bits per heavy atom. The normalized spacial score (nSPS) is 15.4. The van der Waals surface area contributed by atoms with E-state index in [0.29, 0.717) is 6.42 Å². The second-order valence-corrected chi connectivity index (χ2v) is 6.71. The number of benzene rings is 2. The Bertz CT molecular complexity index is 1040. The number of hydrogen-bond acceptors (Lipinski definition) is 3. The minimum atomic E-state index is -0.0482. The number of fused-ring (bicyclic) bond motifs is 1. The molecule has 5 heteroatoms. The Hall–Kier alpha value is -3.52. The van der Waals surface area contributed by atoms with E-state index in [-0.39, 0.29) is 18.4 Å². The number of carbonyl (C=O) groups is 1. The lowest BCUT2D eigenvalue weighted by molar-refractivity contribution is -0.116. The first-order valence-corrected chi connectivity index (χ1v) is 9.33. The Labute approximate surface area is 164 Å². The van der Waals surface area contributed by atoms with Crippen LogP contribution in [0.25, 0.3) is 5.69 Å². The van der Waals surface area contributed by atoms with Gasteiger partial charge < -0.3 is 10.1 Å². The highest BCUT2D eigenvalue weighted by molar-refractivity contribution is 5.94. The second kappa shape index (κ2) is 7.61. The van der Waals surface area contributed by atoms with Crippen molar-refractivity contribution in [1.29, 1.82) is 0 Å². The van der Waals surface area contributed by atoms with Crippen molar-refractivity contribution in [3.8, 4) is 23.8 Å². The molecule has 4 rings (SSSR count). The first-order valence-electron chi connectivity index (χ1n) is 9.33. The van der Waals surface area contributed by atoms with Crippen molar-refractivity contribution in [3.05, 3.63) is 71.4 Å². The number of anilines is 1. The largest absolute Gasteiger partial charge is 0.481 e. The molecule has 28 heavy (non-hydrogen) atoms. The molecule has 1 atom stereocenters. The molecule has 140 valence electrons. The molecule has 1 unspecified atom stereocenters. The second-order valence-electron chi connectivity index (χ2n) is 6.71. The number of terminal acetylenes is 1. The fraction of sp³-hybridized carbons (Fsp3) is 0.217. The molecule has 0 spiro atoms. The van der Waals surface area contributed by atoms with Crippen LogP contribution < -0.4 is 10.1 Å². The fourth-order valence-corrected chi connectivity index (χ4v) is 3.64. The highest BCUT2D eigenvalue weighted by atomic mass is 16.5.